The summed E-state index contributed by atoms with van der Waals surface area (Å²) in [6.07, 6.45) is 0.361. The van der Waals surface area contributed by atoms with E-state index in [-0.39, 0.29) is 5.91 Å². The second-order valence-electron chi connectivity index (χ2n) is 2.91. The summed E-state index contributed by atoms with van der Waals surface area (Å²) in [5.74, 6) is 1.48. The maximum Gasteiger partial charge on any atom is 0.218 e. The summed E-state index contributed by atoms with van der Waals surface area (Å²) in [5, 5.41) is 3.05. The van der Waals surface area contributed by atoms with E-state index in [1.807, 2.05) is 19.1 Å². The van der Waals surface area contributed by atoms with Gasteiger partial charge in [0.25, 0.3) is 0 Å². The molecule has 0 spiro atoms. The molecule has 0 bridgehead atoms. The Morgan fingerprint density at radius 1 is 1.62 bits per heavy atom. The molecule has 1 amide bonds. The number of aryl methyl sites for hydroxylation is 1. The van der Waals surface area contributed by atoms with Crippen molar-refractivity contribution < 1.29 is 9.21 Å². The van der Waals surface area contributed by atoms with Crippen LogP contribution < -0.4 is 11.1 Å². The van der Waals surface area contributed by atoms with Crippen molar-refractivity contribution in [2.45, 2.75) is 19.9 Å². The predicted octanol–water partition coefficient (Wildman–Crippen LogP) is 0.553. The third-order valence-corrected chi connectivity index (χ3v) is 1.64. The molecule has 0 saturated heterocycles. The lowest BCUT2D eigenvalue weighted by Crippen LogP contribution is -2.21. The maximum atomic E-state index is 10.4. The lowest BCUT2D eigenvalue weighted by molar-refractivity contribution is -0.117. The molecule has 0 aliphatic heterocycles. The molecule has 0 radical (unpaired) electrons. The van der Waals surface area contributed by atoms with Gasteiger partial charge >= 0.3 is 0 Å². The lowest BCUT2D eigenvalue weighted by Gasteiger charge is -1.99. The summed E-state index contributed by atoms with van der Waals surface area (Å²) in [5.41, 5.74) is 4.97. The Kier molecular flexibility index (Phi) is 3.52. The van der Waals surface area contributed by atoms with Gasteiger partial charge in [0.1, 0.15) is 11.5 Å². The van der Waals surface area contributed by atoms with E-state index in [1.54, 1.807) is 0 Å². The molecule has 0 saturated carbocycles. The number of nitrogens with two attached hydrogens (primary N) is 1. The number of rotatable bonds is 5. The van der Waals surface area contributed by atoms with Crippen molar-refractivity contribution >= 4 is 5.91 Å². The predicted molar refractivity (Wildman–Crippen MR) is 49.0 cm³/mol. The van der Waals surface area contributed by atoms with Crippen LogP contribution in [0.25, 0.3) is 0 Å². The summed E-state index contributed by atoms with van der Waals surface area (Å²) in [6.45, 7) is 3.13. The van der Waals surface area contributed by atoms with Gasteiger partial charge in [-0.3, -0.25) is 4.79 Å². The molecule has 1 heterocycles. The quantitative estimate of drug-likeness (QED) is 0.653. The molecule has 0 aromatic carbocycles. The van der Waals surface area contributed by atoms with E-state index >= 15 is 0 Å². The molecule has 1 rings (SSSR count). The van der Waals surface area contributed by atoms with E-state index in [1.165, 1.54) is 0 Å². The summed E-state index contributed by atoms with van der Waals surface area (Å²) in [7, 11) is 0. The van der Waals surface area contributed by atoms with Gasteiger partial charge < -0.3 is 15.5 Å². The van der Waals surface area contributed by atoms with Crippen LogP contribution in [0.3, 0.4) is 0 Å². The van der Waals surface area contributed by atoms with Crippen LogP contribution in [-0.2, 0) is 11.3 Å². The second-order valence-corrected chi connectivity index (χ2v) is 2.91. The molecule has 13 heavy (non-hydrogen) atoms. The van der Waals surface area contributed by atoms with Crippen LogP contribution in [0.1, 0.15) is 17.9 Å². The molecule has 1 aromatic rings. The Morgan fingerprint density at radius 3 is 2.92 bits per heavy atom. The minimum atomic E-state index is -0.289. The van der Waals surface area contributed by atoms with E-state index < -0.39 is 0 Å². The first-order chi connectivity index (χ1) is 6.18. The fraction of sp³-hybridized carbons (Fsp3) is 0.444. The van der Waals surface area contributed by atoms with Crippen molar-refractivity contribution in [3.8, 4) is 0 Å². The third-order valence-electron chi connectivity index (χ3n) is 1.64. The topological polar surface area (TPSA) is 68.3 Å². The van der Waals surface area contributed by atoms with Gasteiger partial charge in [-0.2, -0.15) is 0 Å². The van der Waals surface area contributed by atoms with Crippen LogP contribution in [-0.4, -0.2) is 12.5 Å². The van der Waals surface area contributed by atoms with Crippen molar-refractivity contribution in [3.63, 3.8) is 0 Å². The summed E-state index contributed by atoms with van der Waals surface area (Å²) >= 11 is 0. The van der Waals surface area contributed by atoms with E-state index in [9.17, 15) is 4.79 Å². The highest BCUT2D eigenvalue weighted by molar-refractivity contribution is 5.73. The van der Waals surface area contributed by atoms with Gasteiger partial charge in [0.2, 0.25) is 5.91 Å². The van der Waals surface area contributed by atoms with Crippen LogP contribution >= 0.6 is 0 Å². The van der Waals surface area contributed by atoms with Crippen LogP contribution in [0, 0.1) is 6.92 Å². The zero-order valence-electron chi connectivity index (χ0n) is 7.67. The molecule has 72 valence electrons. The van der Waals surface area contributed by atoms with E-state index in [4.69, 9.17) is 10.2 Å². The fourth-order valence-electron chi connectivity index (χ4n) is 1.00. The Balaban J connectivity index is 2.16. The molecule has 0 unspecified atom stereocenters. The van der Waals surface area contributed by atoms with Gasteiger partial charge in [0.15, 0.2) is 0 Å². The zero-order chi connectivity index (χ0) is 9.68. The Labute approximate surface area is 77.1 Å². The van der Waals surface area contributed by atoms with Gasteiger partial charge in [0.05, 0.1) is 6.54 Å². The van der Waals surface area contributed by atoms with Gasteiger partial charge in [-0.1, -0.05) is 0 Å². The summed E-state index contributed by atoms with van der Waals surface area (Å²) < 4.78 is 5.31. The first kappa shape index (κ1) is 9.80. The molecular weight excluding hydrogens is 168 g/mol. The van der Waals surface area contributed by atoms with E-state index in [0.717, 1.165) is 11.5 Å². The van der Waals surface area contributed by atoms with Crippen molar-refractivity contribution in [2.75, 3.05) is 6.54 Å². The van der Waals surface area contributed by atoms with Gasteiger partial charge in [-0.25, -0.2) is 0 Å². The molecule has 3 N–H and O–H groups in total. The molecule has 0 fully saturated rings. The summed E-state index contributed by atoms with van der Waals surface area (Å²) in [4.78, 5) is 10.4. The monoisotopic (exact) mass is 182 g/mol. The van der Waals surface area contributed by atoms with Crippen LogP contribution in [0.4, 0.5) is 0 Å². The van der Waals surface area contributed by atoms with E-state index in [0.29, 0.717) is 19.5 Å². The van der Waals surface area contributed by atoms with Gasteiger partial charge in [-0.15, -0.1) is 0 Å². The SMILES string of the molecule is Cc1ccc(CNCCC(N)=O)o1. The highest BCUT2D eigenvalue weighted by atomic mass is 16.3. The minimum Gasteiger partial charge on any atom is -0.465 e. The fourth-order valence-corrected chi connectivity index (χ4v) is 1.00. The number of nitrogens with one attached hydrogen (secondary N) is 1. The minimum absolute atomic E-state index is 0.289. The van der Waals surface area contributed by atoms with Crippen LogP contribution in [0.5, 0.6) is 0 Å². The number of carbonyl (C=O) groups excluding carboxylic acids is 1. The second kappa shape index (κ2) is 4.67. The number of primary amides is 1. The molecule has 4 heteroatoms. The zero-order valence-corrected chi connectivity index (χ0v) is 7.67. The number of hydrogen-bond acceptors (Lipinski definition) is 3. The van der Waals surface area contributed by atoms with Gasteiger partial charge in [-0.05, 0) is 19.1 Å². The molecule has 0 atom stereocenters. The third kappa shape index (κ3) is 3.75. The molecule has 0 aliphatic rings. The van der Waals surface area contributed by atoms with Gasteiger partial charge in [0, 0.05) is 13.0 Å². The Bertz CT molecular complexity index is 281. The number of carbonyl (C=O) groups is 1. The standard InChI is InChI=1S/C9H14N2O2/c1-7-2-3-8(13-7)6-11-5-4-9(10)12/h2-3,11H,4-6H2,1H3,(H2,10,12). The highest BCUT2D eigenvalue weighted by Crippen LogP contribution is 2.04. The largest absolute Gasteiger partial charge is 0.465 e. The number of amides is 1. The molecular formula is C9H14N2O2. The van der Waals surface area contributed by atoms with E-state index in [2.05, 4.69) is 5.32 Å². The average Bonchev–Trinajstić information content (AvgIpc) is 2.45. The number of furan rings is 1. The summed E-state index contributed by atoms with van der Waals surface area (Å²) in [6, 6.07) is 3.82. The van der Waals surface area contributed by atoms with Crippen molar-refractivity contribution in [1.29, 1.82) is 0 Å². The van der Waals surface area contributed by atoms with Crippen LogP contribution in [0.15, 0.2) is 16.5 Å². The van der Waals surface area contributed by atoms with Crippen molar-refractivity contribution in [2.24, 2.45) is 5.73 Å². The number of hydrogen-bond donors (Lipinski definition) is 2. The molecule has 1 aromatic heterocycles. The van der Waals surface area contributed by atoms with Crippen molar-refractivity contribution in [1.82, 2.24) is 5.32 Å². The lowest BCUT2D eigenvalue weighted by atomic mass is 10.4. The van der Waals surface area contributed by atoms with Crippen LogP contribution in [0.2, 0.25) is 0 Å². The first-order valence-corrected chi connectivity index (χ1v) is 4.23. The van der Waals surface area contributed by atoms with Crippen molar-refractivity contribution in [3.05, 3.63) is 23.7 Å². The Morgan fingerprint density at radius 2 is 2.38 bits per heavy atom. The maximum absolute atomic E-state index is 10.4. The first-order valence-electron chi connectivity index (χ1n) is 4.23. The molecule has 0 aliphatic carbocycles. The smallest absolute Gasteiger partial charge is 0.218 e. The Hall–Kier alpha value is -1.29. The highest BCUT2D eigenvalue weighted by Gasteiger charge is 1.98. The normalized spacial score (nSPS) is 10.2. The average molecular weight is 182 g/mol. The molecule has 4 nitrogen and oxygen atoms in total.